The lowest BCUT2D eigenvalue weighted by atomic mass is 10.0. The molecule has 2 aromatic rings. The van der Waals surface area contributed by atoms with Crippen molar-refractivity contribution in [2.75, 3.05) is 0 Å². The average Bonchev–Trinajstić information content (AvgIpc) is 2.44. The maximum absolute atomic E-state index is 11.1. The molecule has 0 spiro atoms. The molecule has 0 fully saturated rings. The van der Waals surface area contributed by atoms with Gasteiger partial charge in [-0.05, 0) is 6.07 Å². The number of hydrogen-bond donors (Lipinski definition) is 0. The van der Waals surface area contributed by atoms with E-state index in [-0.39, 0.29) is 47.0 Å². The summed E-state index contributed by atoms with van der Waals surface area (Å²) in [5.41, 5.74) is 0.718. The Morgan fingerprint density at radius 2 is 1.30 bits per heavy atom. The number of carbonyl (C=O) groups is 1. The lowest BCUT2D eigenvalue weighted by Gasteiger charge is -2.14. The Labute approximate surface area is 144 Å². The van der Waals surface area contributed by atoms with E-state index in [2.05, 4.69) is 4.98 Å². The van der Waals surface area contributed by atoms with Crippen molar-refractivity contribution in [3.63, 3.8) is 0 Å². The number of rotatable bonds is 2. The molecule has 1 aromatic heterocycles. The van der Waals surface area contributed by atoms with Crippen molar-refractivity contribution in [2.24, 2.45) is 0 Å². The standard InChI is InChI=1S/C12H3Cl6NO/c13-7-6(8(14)10(16)11(17)9(7)15)5-4(3-20)1-2-19-12(5)18/h1-3H. The lowest BCUT2D eigenvalue weighted by molar-refractivity contribution is 0.112. The minimum atomic E-state index is 0.0227. The summed E-state index contributed by atoms with van der Waals surface area (Å²) in [4.78, 5) is 15.0. The molecule has 0 amide bonds. The summed E-state index contributed by atoms with van der Waals surface area (Å²) in [7, 11) is 0. The van der Waals surface area contributed by atoms with Crippen LogP contribution in [0.15, 0.2) is 12.3 Å². The van der Waals surface area contributed by atoms with Gasteiger partial charge in [-0.1, -0.05) is 69.6 Å². The van der Waals surface area contributed by atoms with E-state index in [0.29, 0.717) is 6.29 Å². The zero-order valence-corrected chi connectivity index (χ0v) is 13.9. The molecule has 0 unspecified atom stereocenters. The van der Waals surface area contributed by atoms with Gasteiger partial charge in [-0.3, -0.25) is 4.79 Å². The van der Waals surface area contributed by atoms with Gasteiger partial charge in [-0.25, -0.2) is 4.98 Å². The van der Waals surface area contributed by atoms with Crippen LogP contribution in [-0.4, -0.2) is 11.3 Å². The molecule has 0 radical (unpaired) electrons. The van der Waals surface area contributed by atoms with Gasteiger partial charge in [0.2, 0.25) is 0 Å². The van der Waals surface area contributed by atoms with Crippen molar-refractivity contribution in [1.82, 2.24) is 4.98 Å². The van der Waals surface area contributed by atoms with Crippen LogP contribution in [0.4, 0.5) is 0 Å². The van der Waals surface area contributed by atoms with Gasteiger partial charge in [0.05, 0.1) is 25.1 Å². The van der Waals surface area contributed by atoms with E-state index in [1.807, 2.05) is 0 Å². The topological polar surface area (TPSA) is 30.0 Å². The predicted molar refractivity (Wildman–Crippen MR) is 85.1 cm³/mol. The summed E-state index contributed by atoms with van der Waals surface area (Å²) < 4.78 is 0. The summed E-state index contributed by atoms with van der Waals surface area (Å²) in [6.07, 6.45) is 1.99. The van der Waals surface area contributed by atoms with E-state index >= 15 is 0 Å². The van der Waals surface area contributed by atoms with Gasteiger partial charge in [-0.15, -0.1) is 0 Å². The molecule has 0 saturated carbocycles. The molecule has 20 heavy (non-hydrogen) atoms. The zero-order valence-electron chi connectivity index (χ0n) is 9.36. The first-order valence-corrected chi connectivity index (χ1v) is 7.28. The minimum Gasteiger partial charge on any atom is -0.298 e. The van der Waals surface area contributed by atoms with E-state index in [9.17, 15) is 4.79 Å². The Morgan fingerprint density at radius 1 is 0.800 bits per heavy atom. The molecule has 0 saturated heterocycles. The molecule has 104 valence electrons. The van der Waals surface area contributed by atoms with Crippen LogP contribution < -0.4 is 0 Å². The molecule has 0 aliphatic heterocycles. The van der Waals surface area contributed by atoms with E-state index < -0.39 is 0 Å². The first kappa shape index (κ1) is 16.2. The summed E-state index contributed by atoms with van der Waals surface area (Å²) in [5.74, 6) is 0. The number of carbonyl (C=O) groups excluding carboxylic acids is 1. The number of aldehydes is 1. The fraction of sp³-hybridized carbons (Fsp3) is 0. The molecule has 8 heteroatoms. The van der Waals surface area contributed by atoms with E-state index in [0.717, 1.165) is 0 Å². The number of halogens is 6. The summed E-state index contributed by atoms with van der Waals surface area (Å²) >= 11 is 36.2. The fourth-order valence-corrected chi connectivity index (χ4v) is 3.21. The first-order valence-electron chi connectivity index (χ1n) is 5.01. The Hall–Kier alpha value is -0.220. The van der Waals surface area contributed by atoms with Crippen LogP contribution in [0.25, 0.3) is 11.1 Å². The van der Waals surface area contributed by atoms with Crippen LogP contribution in [0, 0.1) is 0 Å². The van der Waals surface area contributed by atoms with Crippen LogP contribution in [0.5, 0.6) is 0 Å². The van der Waals surface area contributed by atoms with Crippen LogP contribution >= 0.6 is 69.6 Å². The molecular weight excluding hydrogens is 387 g/mol. The van der Waals surface area contributed by atoms with Crippen molar-refractivity contribution >= 4 is 75.9 Å². The van der Waals surface area contributed by atoms with Crippen molar-refractivity contribution in [2.45, 2.75) is 0 Å². The maximum Gasteiger partial charge on any atom is 0.150 e. The number of nitrogens with zero attached hydrogens (tertiary/aromatic N) is 1. The van der Waals surface area contributed by atoms with Crippen molar-refractivity contribution in [1.29, 1.82) is 0 Å². The number of hydrogen-bond acceptors (Lipinski definition) is 2. The highest BCUT2D eigenvalue weighted by atomic mass is 35.5. The number of aromatic nitrogens is 1. The zero-order chi connectivity index (χ0) is 15.0. The molecule has 0 aliphatic rings. The van der Waals surface area contributed by atoms with Gasteiger partial charge >= 0.3 is 0 Å². The molecule has 0 aliphatic carbocycles. The molecule has 1 heterocycles. The summed E-state index contributed by atoms with van der Waals surface area (Å²) in [6.45, 7) is 0. The molecule has 0 N–H and O–H groups in total. The molecule has 2 rings (SSSR count). The average molecular weight is 390 g/mol. The third-order valence-corrected chi connectivity index (χ3v) is 5.09. The highest BCUT2D eigenvalue weighted by Crippen LogP contribution is 2.49. The second-order valence-electron chi connectivity index (χ2n) is 3.63. The van der Waals surface area contributed by atoms with Gasteiger partial charge in [0.15, 0.2) is 6.29 Å². The van der Waals surface area contributed by atoms with Crippen LogP contribution in [0.2, 0.25) is 30.3 Å². The lowest BCUT2D eigenvalue weighted by Crippen LogP contribution is -1.94. The molecular formula is C12H3Cl6NO. The molecule has 2 nitrogen and oxygen atoms in total. The predicted octanol–water partition coefficient (Wildman–Crippen LogP) is 6.48. The normalized spacial score (nSPS) is 10.7. The Balaban J connectivity index is 2.95. The third-order valence-electron chi connectivity index (χ3n) is 2.52. The van der Waals surface area contributed by atoms with Crippen LogP contribution in [0.3, 0.4) is 0 Å². The Bertz CT molecular complexity index is 687. The maximum atomic E-state index is 11.1. The Kier molecular flexibility index (Phi) is 5.06. The Morgan fingerprint density at radius 3 is 1.80 bits per heavy atom. The van der Waals surface area contributed by atoms with Gasteiger partial charge in [0.25, 0.3) is 0 Å². The van der Waals surface area contributed by atoms with Gasteiger partial charge < -0.3 is 0 Å². The monoisotopic (exact) mass is 387 g/mol. The minimum absolute atomic E-state index is 0.0227. The first-order chi connectivity index (χ1) is 9.40. The second kappa shape index (κ2) is 6.27. The summed E-state index contributed by atoms with van der Waals surface area (Å²) in [6, 6.07) is 1.47. The highest BCUT2D eigenvalue weighted by Gasteiger charge is 2.24. The van der Waals surface area contributed by atoms with E-state index in [1.54, 1.807) is 0 Å². The highest BCUT2D eigenvalue weighted by molar-refractivity contribution is 6.56. The van der Waals surface area contributed by atoms with Gasteiger partial charge in [0.1, 0.15) is 5.15 Å². The fourth-order valence-electron chi connectivity index (χ4n) is 1.62. The van der Waals surface area contributed by atoms with Crippen molar-refractivity contribution < 1.29 is 4.79 Å². The van der Waals surface area contributed by atoms with Crippen molar-refractivity contribution in [3.05, 3.63) is 48.1 Å². The van der Waals surface area contributed by atoms with Crippen LogP contribution in [-0.2, 0) is 0 Å². The van der Waals surface area contributed by atoms with Gasteiger partial charge in [-0.2, -0.15) is 0 Å². The molecule has 1 aromatic carbocycles. The number of benzene rings is 1. The van der Waals surface area contributed by atoms with E-state index in [4.69, 9.17) is 69.6 Å². The van der Waals surface area contributed by atoms with Crippen molar-refractivity contribution in [3.8, 4) is 11.1 Å². The molecule has 0 atom stereocenters. The SMILES string of the molecule is O=Cc1ccnc(Cl)c1-c1c(Cl)c(Cl)c(Cl)c(Cl)c1Cl. The van der Waals surface area contributed by atoms with Crippen LogP contribution in [0.1, 0.15) is 10.4 Å². The largest absolute Gasteiger partial charge is 0.298 e. The second-order valence-corrected chi connectivity index (χ2v) is 5.88. The van der Waals surface area contributed by atoms with E-state index in [1.165, 1.54) is 12.3 Å². The van der Waals surface area contributed by atoms with Gasteiger partial charge in [0, 0.05) is 22.9 Å². The smallest absolute Gasteiger partial charge is 0.150 e. The molecule has 0 bridgehead atoms. The summed E-state index contributed by atoms with van der Waals surface area (Å²) in [5, 5.41) is 0.213. The third kappa shape index (κ3) is 2.61. The quantitative estimate of drug-likeness (QED) is 0.254. The number of pyridine rings is 1.